The molecular formula is C17H12N2OS. The standard InChI is InChI=1S/C17H12N2OS/c20-17-13(9-12-3-1-2-4-14(12)19-17)7-11-5-6-16-15(8-11)18-10-21-16/h1-6,8-10,12H,7H2. The van der Waals surface area contributed by atoms with E-state index in [4.69, 9.17) is 0 Å². The zero-order valence-electron chi connectivity index (χ0n) is 11.2. The summed E-state index contributed by atoms with van der Waals surface area (Å²) in [5.41, 5.74) is 5.53. The van der Waals surface area contributed by atoms with Gasteiger partial charge in [0.15, 0.2) is 0 Å². The molecule has 0 saturated carbocycles. The Hall–Kier alpha value is -2.33. The third-order valence-electron chi connectivity index (χ3n) is 3.71. The average molecular weight is 292 g/mol. The summed E-state index contributed by atoms with van der Waals surface area (Å²) in [5.74, 6) is 0.00489. The molecule has 1 aromatic carbocycles. The van der Waals surface area contributed by atoms with E-state index in [0.29, 0.717) is 6.42 Å². The number of fused-ring (bicyclic) bond motifs is 2. The number of hydrogen-bond acceptors (Lipinski definition) is 3. The highest BCUT2D eigenvalue weighted by Gasteiger charge is 2.22. The van der Waals surface area contributed by atoms with Crippen LogP contribution >= 0.6 is 11.3 Å². The van der Waals surface area contributed by atoms with E-state index in [1.807, 2.05) is 29.8 Å². The zero-order valence-corrected chi connectivity index (χ0v) is 12.0. The summed E-state index contributed by atoms with van der Waals surface area (Å²) in [5, 5.41) is 0. The van der Waals surface area contributed by atoms with Gasteiger partial charge in [0.25, 0.3) is 5.91 Å². The molecule has 1 atom stereocenters. The molecule has 3 nitrogen and oxygen atoms in total. The Bertz CT molecular complexity index is 855. The molecule has 1 aliphatic heterocycles. The first-order chi connectivity index (χ1) is 10.3. The first-order valence-corrected chi connectivity index (χ1v) is 7.68. The minimum absolute atomic E-state index is 0.125. The van der Waals surface area contributed by atoms with Crippen LogP contribution in [0.5, 0.6) is 0 Å². The van der Waals surface area contributed by atoms with E-state index >= 15 is 0 Å². The second-order valence-electron chi connectivity index (χ2n) is 5.13. The van der Waals surface area contributed by atoms with Crippen molar-refractivity contribution in [2.45, 2.75) is 6.42 Å². The summed E-state index contributed by atoms with van der Waals surface area (Å²) in [6.45, 7) is 0. The van der Waals surface area contributed by atoms with Gasteiger partial charge in [0.2, 0.25) is 0 Å². The molecule has 0 radical (unpaired) electrons. The Morgan fingerprint density at radius 2 is 2.19 bits per heavy atom. The van der Waals surface area contributed by atoms with E-state index in [0.717, 1.165) is 22.4 Å². The van der Waals surface area contributed by atoms with Gasteiger partial charge in [-0.15, -0.1) is 11.3 Å². The minimum Gasteiger partial charge on any atom is -0.267 e. The van der Waals surface area contributed by atoms with Gasteiger partial charge in [-0.3, -0.25) is 4.79 Å². The minimum atomic E-state index is -0.125. The molecule has 1 unspecified atom stereocenters. The first kappa shape index (κ1) is 12.4. The maximum atomic E-state index is 12.1. The van der Waals surface area contributed by atoms with Gasteiger partial charge in [-0.2, -0.15) is 0 Å². The summed E-state index contributed by atoms with van der Waals surface area (Å²) in [4.78, 5) is 20.7. The van der Waals surface area contributed by atoms with E-state index in [1.54, 1.807) is 11.3 Å². The monoisotopic (exact) mass is 292 g/mol. The fraction of sp³-hybridized carbons (Fsp3) is 0.118. The summed E-state index contributed by atoms with van der Waals surface area (Å²) in [6.07, 6.45) is 10.5. The van der Waals surface area contributed by atoms with Crippen LogP contribution in [0.3, 0.4) is 0 Å². The fourth-order valence-electron chi connectivity index (χ4n) is 2.65. The highest BCUT2D eigenvalue weighted by atomic mass is 32.1. The molecule has 21 heavy (non-hydrogen) atoms. The third-order valence-corrected chi connectivity index (χ3v) is 4.52. The van der Waals surface area contributed by atoms with E-state index in [-0.39, 0.29) is 11.8 Å². The second-order valence-corrected chi connectivity index (χ2v) is 6.02. The normalized spacial score (nSPS) is 20.4. The lowest BCUT2D eigenvalue weighted by Crippen LogP contribution is -2.20. The van der Waals surface area contributed by atoms with Crippen LogP contribution in [0.4, 0.5) is 0 Å². The topological polar surface area (TPSA) is 42.3 Å². The SMILES string of the molecule is O=C1N=C2C=CC=CC2C=C1Cc1ccc2scnc2c1. The van der Waals surface area contributed by atoms with Crippen molar-refractivity contribution in [1.82, 2.24) is 4.98 Å². The molecule has 1 aliphatic carbocycles. The molecule has 2 aromatic rings. The van der Waals surface area contributed by atoms with Gasteiger partial charge >= 0.3 is 0 Å². The number of allylic oxidation sites excluding steroid dienone is 5. The molecule has 1 aromatic heterocycles. The number of carbonyl (C=O) groups is 1. The van der Waals surface area contributed by atoms with Crippen molar-refractivity contribution in [1.29, 1.82) is 0 Å². The number of carbonyl (C=O) groups excluding carboxylic acids is 1. The molecule has 2 aliphatic rings. The van der Waals surface area contributed by atoms with Gasteiger partial charge in [0.1, 0.15) is 0 Å². The van der Waals surface area contributed by atoms with Crippen LogP contribution in [0.15, 0.2) is 64.7 Å². The Morgan fingerprint density at radius 1 is 1.24 bits per heavy atom. The van der Waals surface area contributed by atoms with Crippen molar-refractivity contribution >= 4 is 33.2 Å². The number of thiazole rings is 1. The second kappa shape index (κ2) is 4.90. The van der Waals surface area contributed by atoms with Crippen LogP contribution in [-0.4, -0.2) is 16.6 Å². The van der Waals surface area contributed by atoms with Gasteiger partial charge in [-0.25, -0.2) is 9.98 Å². The van der Waals surface area contributed by atoms with Crippen molar-refractivity contribution in [2.24, 2.45) is 10.9 Å². The van der Waals surface area contributed by atoms with E-state index in [1.165, 1.54) is 4.70 Å². The van der Waals surface area contributed by atoms with E-state index in [9.17, 15) is 4.79 Å². The number of amides is 1. The molecule has 0 fully saturated rings. The molecule has 0 bridgehead atoms. The Labute approximate surface area is 126 Å². The van der Waals surface area contributed by atoms with Crippen molar-refractivity contribution in [2.75, 3.05) is 0 Å². The van der Waals surface area contributed by atoms with Crippen molar-refractivity contribution in [3.63, 3.8) is 0 Å². The van der Waals surface area contributed by atoms with Crippen LogP contribution in [0.25, 0.3) is 10.2 Å². The lowest BCUT2D eigenvalue weighted by Gasteiger charge is -2.18. The predicted molar refractivity (Wildman–Crippen MR) is 85.6 cm³/mol. The lowest BCUT2D eigenvalue weighted by molar-refractivity contribution is -0.114. The summed E-state index contributed by atoms with van der Waals surface area (Å²) < 4.78 is 1.17. The number of rotatable bonds is 2. The Balaban J connectivity index is 1.64. The summed E-state index contributed by atoms with van der Waals surface area (Å²) >= 11 is 1.63. The highest BCUT2D eigenvalue weighted by Crippen LogP contribution is 2.24. The van der Waals surface area contributed by atoms with Crippen LogP contribution < -0.4 is 0 Å². The molecule has 1 amide bonds. The number of nitrogens with zero attached hydrogens (tertiary/aromatic N) is 2. The summed E-state index contributed by atoms with van der Waals surface area (Å²) in [7, 11) is 0. The molecule has 0 N–H and O–H groups in total. The lowest BCUT2D eigenvalue weighted by atomic mass is 9.90. The zero-order chi connectivity index (χ0) is 14.2. The van der Waals surface area contributed by atoms with Crippen LogP contribution in [0.2, 0.25) is 0 Å². The molecule has 4 rings (SSSR count). The highest BCUT2D eigenvalue weighted by molar-refractivity contribution is 7.16. The van der Waals surface area contributed by atoms with Gasteiger partial charge in [0, 0.05) is 17.9 Å². The third kappa shape index (κ3) is 2.28. The summed E-state index contributed by atoms with van der Waals surface area (Å²) in [6, 6.07) is 6.18. The molecule has 0 saturated heterocycles. The number of hydrogen-bond donors (Lipinski definition) is 0. The Morgan fingerprint density at radius 3 is 3.14 bits per heavy atom. The molecule has 4 heteroatoms. The van der Waals surface area contributed by atoms with Gasteiger partial charge < -0.3 is 0 Å². The number of dihydropyridines is 1. The fourth-order valence-corrected chi connectivity index (χ4v) is 3.30. The number of aliphatic imine (C=N–C) groups is 1. The van der Waals surface area contributed by atoms with Crippen LogP contribution in [0.1, 0.15) is 5.56 Å². The van der Waals surface area contributed by atoms with E-state index in [2.05, 4.69) is 34.3 Å². The largest absolute Gasteiger partial charge is 0.273 e. The molecule has 0 spiro atoms. The number of benzene rings is 1. The maximum absolute atomic E-state index is 12.1. The molecule has 2 heterocycles. The van der Waals surface area contributed by atoms with Gasteiger partial charge in [0.05, 0.1) is 21.4 Å². The van der Waals surface area contributed by atoms with Crippen molar-refractivity contribution in [3.05, 3.63) is 65.2 Å². The van der Waals surface area contributed by atoms with Crippen molar-refractivity contribution in [3.8, 4) is 0 Å². The Kier molecular flexibility index (Phi) is 2.89. The van der Waals surface area contributed by atoms with Crippen LogP contribution in [0, 0.1) is 5.92 Å². The molecule has 102 valence electrons. The smallest absolute Gasteiger partial charge is 0.267 e. The van der Waals surface area contributed by atoms with Crippen molar-refractivity contribution < 1.29 is 4.79 Å². The number of aromatic nitrogens is 1. The van der Waals surface area contributed by atoms with Gasteiger partial charge in [-0.05, 0) is 23.8 Å². The molecular weight excluding hydrogens is 280 g/mol. The maximum Gasteiger partial charge on any atom is 0.273 e. The van der Waals surface area contributed by atoms with Crippen LogP contribution in [-0.2, 0) is 11.2 Å². The van der Waals surface area contributed by atoms with E-state index < -0.39 is 0 Å². The average Bonchev–Trinajstić information content (AvgIpc) is 2.95. The first-order valence-electron chi connectivity index (χ1n) is 6.80. The quantitative estimate of drug-likeness (QED) is 0.850. The predicted octanol–water partition coefficient (Wildman–Crippen LogP) is 3.49. The van der Waals surface area contributed by atoms with Gasteiger partial charge in [-0.1, -0.05) is 30.4 Å².